The Morgan fingerprint density at radius 1 is 0.812 bits per heavy atom. The summed E-state index contributed by atoms with van der Waals surface area (Å²) < 4.78 is 2.04. The molecular formula is C25H21N7. The van der Waals surface area contributed by atoms with Gasteiger partial charge in [-0.2, -0.15) is 0 Å². The number of aromatic nitrogens is 5. The topological polar surface area (TPSA) is 94.5 Å². The molecule has 5 rings (SSSR count). The number of hydrogen-bond acceptors (Lipinski definition) is 6. The van der Waals surface area contributed by atoms with E-state index in [0.717, 1.165) is 39.8 Å². The molecule has 32 heavy (non-hydrogen) atoms. The highest BCUT2D eigenvalue weighted by molar-refractivity contribution is 5.71. The van der Waals surface area contributed by atoms with E-state index in [1.165, 1.54) is 0 Å². The van der Waals surface area contributed by atoms with E-state index in [2.05, 4.69) is 20.3 Å². The summed E-state index contributed by atoms with van der Waals surface area (Å²) in [7, 11) is 0. The van der Waals surface area contributed by atoms with Crippen LogP contribution >= 0.6 is 0 Å². The molecule has 4 heterocycles. The molecule has 0 spiro atoms. The zero-order valence-corrected chi connectivity index (χ0v) is 17.5. The van der Waals surface area contributed by atoms with Gasteiger partial charge in [-0.05, 0) is 67.6 Å². The fraction of sp³-hybridized carbons (Fsp3) is 0.0400. The summed E-state index contributed by atoms with van der Waals surface area (Å²) >= 11 is 0. The molecule has 0 saturated heterocycles. The van der Waals surface area contributed by atoms with E-state index < -0.39 is 0 Å². The lowest BCUT2D eigenvalue weighted by molar-refractivity contribution is 1.04. The SMILES string of the molecule is Cc1ccc(-n2cc(-c3ccccn3)nc2-c2ccc(Nc3ncccc3N)cc2)cn1. The molecule has 0 aliphatic rings. The van der Waals surface area contributed by atoms with E-state index in [1.807, 2.05) is 90.6 Å². The van der Waals surface area contributed by atoms with Crippen LogP contribution in [0.3, 0.4) is 0 Å². The molecule has 0 atom stereocenters. The number of anilines is 3. The lowest BCUT2D eigenvalue weighted by Gasteiger charge is -2.10. The zero-order chi connectivity index (χ0) is 21.9. The molecule has 0 radical (unpaired) electrons. The van der Waals surface area contributed by atoms with Crippen molar-refractivity contribution in [1.29, 1.82) is 0 Å². The van der Waals surface area contributed by atoms with Crippen molar-refractivity contribution in [3.8, 4) is 28.5 Å². The van der Waals surface area contributed by atoms with E-state index >= 15 is 0 Å². The minimum Gasteiger partial charge on any atom is -0.396 e. The Morgan fingerprint density at radius 3 is 2.38 bits per heavy atom. The molecule has 4 aromatic heterocycles. The zero-order valence-electron chi connectivity index (χ0n) is 17.5. The van der Waals surface area contributed by atoms with Crippen molar-refractivity contribution < 1.29 is 0 Å². The summed E-state index contributed by atoms with van der Waals surface area (Å²) in [6.07, 6.45) is 7.32. The van der Waals surface area contributed by atoms with Crippen LogP contribution in [0.2, 0.25) is 0 Å². The average Bonchev–Trinajstić information content (AvgIpc) is 3.28. The molecule has 7 heteroatoms. The van der Waals surface area contributed by atoms with Crippen LogP contribution in [-0.4, -0.2) is 24.5 Å². The van der Waals surface area contributed by atoms with Gasteiger partial charge in [0, 0.05) is 35.5 Å². The van der Waals surface area contributed by atoms with Crippen molar-refractivity contribution >= 4 is 17.2 Å². The largest absolute Gasteiger partial charge is 0.396 e. The van der Waals surface area contributed by atoms with Crippen molar-refractivity contribution in [2.24, 2.45) is 0 Å². The van der Waals surface area contributed by atoms with Gasteiger partial charge in [0.2, 0.25) is 0 Å². The number of pyridine rings is 3. The van der Waals surface area contributed by atoms with Gasteiger partial charge in [0.25, 0.3) is 0 Å². The average molecular weight is 419 g/mol. The molecule has 156 valence electrons. The summed E-state index contributed by atoms with van der Waals surface area (Å²) in [5, 5.41) is 3.25. The summed E-state index contributed by atoms with van der Waals surface area (Å²) in [6, 6.07) is 21.5. The first kappa shape index (κ1) is 19.4. The van der Waals surface area contributed by atoms with Crippen LogP contribution in [0.1, 0.15) is 5.69 Å². The fourth-order valence-corrected chi connectivity index (χ4v) is 3.38. The maximum atomic E-state index is 5.99. The molecule has 0 aliphatic carbocycles. The van der Waals surface area contributed by atoms with E-state index in [9.17, 15) is 0 Å². The molecule has 7 nitrogen and oxygen atoms in total. The number of benzene rings is 1. The van der Waals surface area contributed by atoms with E-state index in [1.54, 1.807) is 12.4 Å². The monoisotopic (exact) mass is 419 g/mol. The standard InChI is InChI=1S/C25H21N7/c1-17-7-12-20(15-29-17)32-16-23(22-6-2-3-13-27-22)31-25(32)18-8-10-19(11-9-18)30-24-21(26)5-4-14-28-24/h2-16H,26H2,1H3,(H,28,30). The number of nitrogen functional groups attached to an aromatic ring is 1. The third-order valence-electron chi connectivity index (χ3n) is 5.05. The first-order valence-corrected chi connectivity index (χ1v) is 10.2. The van der Waals surface area contributed by atoms with Gasteiger partial charge < -0.3 is 11.1 Å². The van der Waals surface area contributed by atoms with Crippen LogP contribution in [0.25, 0.3) is 28.5 Å². The van der Waals surface area contributed by atoms with Gasteiger partial charge in [0.15, 0.2) is 5.82 Å². The van der Waals surface area contributed by atoms with Crippen LogP contribution < -0.4 is 11.1 Å². The van der Waals surface area contributed by atoms with Gasteiger partial charge in [-0.1, -0.05) is 6.07 Å². The molecule has 1 aromatic carbocycles. The predicted octanol–water partition coefficient (Wildman–Crippen LogP) is 5.03. The number of rotatable bonds is 5. The third kappa shape index (κ3) is 3.91. The second-order valence-corrected chi connectivity index (χ2v) is 7.34. The molecule has 0 unspecified atom stereocenters. The minimum absolute atomic E-state index is 0.596. The summed E-state index contributed by atoms with van der Waals surface area (Å²) in [6.45, 7) is 1.97. The number of aryl methyl sites for hydroxylation is 1. The van der Waals surface area contributed by atoms with Crippen LogP contribution in [0.4, 0.5) is 17.2 Å². The van der Waals surface area contributed by atoms with Gasteiger partial charge in [-0.3, -0.25) is 14.5 Å². The van der Waals surface area contributed by atoms with E-state index in [4.69, 9.17) is 10.7 Å². The summed E-state index contributed by atoms with van der Waals surface area (Å²) in [5.41, 5.74) is 12.0. The highest BCUT2D eigenvalue weighted by Crippen LogP contribution is 2.29. The molecule has 5 aromatic rings. The van der Waals surface area contributed by atoms with Crippen molar-refractivity contribution in [2.45, 2.75) is 6.92 Å². The van der Waals surface area contributed by atoms with Gasteiger partial charge in [-0.15, -0.1) is 0 Å². The van der Waals surface area contributed by atoms with Crippen LogP contribution in [0.15, 0.2) is 91.5 Å². The number of nitrogens with zero attached hydrogens (tertiary/aromatic N) is 5. The van der Waals surface area contributed by atoms with Crippen molar-refractivity contribution in [2.75, 3.05) is 11.1 Å². The van der Waals surface area contributed by atoms with Gasteiger partial charge >= 0.3 is 0 Å². The first-order chi connectivity index (χ1) is 15.7. The van der Waals surface area contributed by atoms with Crippen molar-refractivity contribution in [3.63, 3.8) is 0 Å². The Balaban J connectivity index is 1.53. The Labute approximate surface area is 185 Å². The first-order valence-electron chi connectivity index (χ1n) is 10.2. The Bertz CT molecular complexity index is 1340. The Hall–Kier alpha value is -4.52. The minimum atomic E-state index is 0.596. The molecule has 0 bridgehead atoms. The highest BCUT2D eigenvalue weighted by Gasteiger charge is 2.14. The van der Waals surface area contributed by atoms with E-state index in [-0.39, 0.29) is 0 Å². The molecule has 0 fully saturated rings. The third-order valence-corrected chi connectivity index (χ3v) is 5.05. The van der Waals surface area contributed by atoms with Gasteiger partial charge in [0.05, 0.1) is 23.3 Å². The number of imidazole rings is 1. The van der Waals surface area contributed by atoms with Crippen LogP contribution in [0.5, 0.6) is 0 Å². The molecular weight excluding hydrogens is 398 g/mol. The maximum Gasteiger partial charge on any atom is 0.153 e. The second-order valence-electron chi connectivity index (χ2n) is 7.34. The summed E-state index contributed by atoms with van der Waals surface area (Å²) in [4.78, 5) is 18.1. The smallest absolute Gasteiger partial charge is 0.153 e. The number of nitrogens with two attached hydrogens (primary N) is 1. The fourth-order valence-electron chi connectivity index (χ4n) is 3.38. The van der Waals surface area contributed by atoms with E-state index in [0.29, 0.717) is 11.5 Å². The van der Waals surface area contributed by atoms with Gasteiger partial charge in [-0.25, -0.2) is 9.97 Å². The highest BCUT2D eigenvalue weighted by atomic mass is 15.1. The normalized spacial score (nSPS) is 10.8. The summed E-state index contributed by atoms with van der Waals surface area (Å²) in [5.74, 6) is 1.44. The molecule has 0 aliphatic heterocycles. The maximum absolute atomic E-state index is 5.99. The number of hydrogen-bond donors (Lipinski definition) is 2. The van der Waals surface area contributed by atoms with Crippen molar-refractivity contribution in [1.82, 2.24) is 24.5 Å². The molecule has 0 amide bonds. The van der Waals surface area contributed by atoms with Gasteiger partial charge in [0.1, 0.15) is 11.5 Å². The second kappa shape index (κ2) is 8.31. The molecule has 0 saturated carbocycles. The predicted molar refractivity (Wildman–Crippen MR) is 127 cm³/mol. The lowest BCUT2D eigenvalue weighted by Crippen LogP contribution is -1.99. The number of nitrogens with one attached hydrogen (secondary N) is 1. The Kier molecular flexibility index (Phi) is 5.05. The van der Waals surface area contributed by atoms with Crippen LogP contribution in [-0.2, 0) is 0 Å². The molecule has 3 N–H and O–H groups in total. The quantitative estimate of drug-likeness (QED) is 0.415. The van der Waals surface area contributed by atoms with Crippen LogP contribution in [0, 0.1) is 6.92 Å². The van der Waals surface area contributed by atoms with Crippen molar-refractivity contribution in [3.05, 3.63) is 97.2 Å². The Morgan fingerprint density at radius 2 is 1.66 bits per heavy atom. The lowest BCUT2D eigenvalue weighted by atomic mass is 10.2.